The van der Waals surface area contributed by atoms with Crippen LogP contribution in [0.3, 0.4) is 0 Å². The van der Waals surface area contributed by atoms with E-state index in [-0.39, 0.29) is 5.91 Å². The number of carbonyl (C=O) groups excluding carboxylic acids is 1. The van der Waals surface area contributed by atoms with E-state index < -0.39 is 0 Å². The summed E-state index contributed by atoms with van der Waals surface area (Å²) >= 11 is 0. The maximum absolute atomic E-state index is 11.8. The summed E-state index contributed by atoms with van der Waals surface area (Å²) in [5.41, 5.74) is 3.29. The van der Waals surface area contributed by atoms with Crippen LogP contribution in [0, 0.1) is 0 Å². The monoisotopic (exact) mass is 283 g/mol. The van der Waals surface area contributed by atoms with Crippen molar-refractivity contribution >= 4 is 11.6 Å². The highest BCUT2D eigenvalue weighted by Crippen LogP contribution is 2.10. The lowest BCUT2D eigenvalue weighted by molar-refractivity contribution is -0.116. The summed E-state index contributed by atoms with van der Waals surface area (Å²) in [7, 11) is 0. The van der Waals surface area contributed by atoms with E-state index in [1.807, 2.05) is 36.4 Å². The zero-order valence-corrected chi connectivity index (χ0v) is 12.3. The molecule has 0 radical (unpaired) electrons. The average Bonchev–Trinajstić information content (AvgIpc) is 2.53. The minimum absolute atomic E-state index is 0.0291. The van der Waals surface area contributed by atoms with Gasteiger partial charge in [-0.3, -0.25) is 9.78 Å². The first-order valence-electron chi connectivity index (χ1n) is 7.26. The van der Waals surface area contributed by atoms with Crippen LogP contribution in [-0.4, -0.2) is 17.4 Å². The fourth-order valence-corrected chi connectivity index (χ4v) is 1.98. The Morgan fingerprint density at radius 3 is 2.43 bits per heavy atom. The number of hydrogen-bond acceptors (Lipinski definition) is 3. The Kier molecular flexibility index (Phi) is 5.91. The number of nitrogens with zero attached hydrogens (tertiary/aromatic N) is 1. The van der Waals surface area contributed by atoms with Crippen LogP contribution in [0.5, 0.6) is 0 Å². The van der Waals surface area contributed by atoms with E-state index in [0.29, 0.717) is 13.0 Å². The van der Waals surface area contributed by atoms with Gasteiger partial charge in [0.2, 0.25) is 5.91 Å². The van der Waals surface area contributed by atoms with Crippen molar-refractivity contribution in [1.29, 1.82) is 0 Å². The molecule has 1 aromatic carbocycles. The van der Waals surface area contributed by atoms with Crippen molar-refractivity contribution in [3.63, 3.8) is 0 Å². The normalized spacial score (nSPS) is 10.3. The highest BCUT2D eigenvalue weighted by atomic mass is 16.1. The standard InChI is InChI=1S/C17H21N3O/c1-2-14-3-5-16(6-4-14)20-17(21)9-12-19-13-15-7-10-18-11-8-15/h3-8,10-11,19H,2,9,12-13H2,1H3,(H,20,21). The molecule has 0 saturated heterocycles. The number of pyridine rings is 1. The molecular formula is C17H21N3O. The topological polar surface area (TPSA) is 54.0 Å². The number of rotatable bonds is 7. The molecule has 110 valence electrons. The number of nitrogens with one attached hydrogen (secondary N) is 2. The molecule has 21 heavy (non-hydrogen) atoms. The second-order valence-electron chi connectivity index (χ2n) is 4.88. The Bertz CT molecular complexity index is 552. The summed E-state index contributed by atoms with van der Waals surface area (Å²) in [6.45, 7) is 3.52. The molecule has 0 bridgehead atoms. The molecule has 4 heteroatoms. The molecule has 0 atom stereocenters. The molecule has 0 spiro atoms. The number of carbonyl (C=O) groups is 1. The Morgan fingerprint density at radius 1 is 1.05 bits per heavy atom. The molecule has 0 fully saturated rings. The first-order chi connectivity index (χ1) is 10.3. The quantitative estimate of drug-likeness (QED) is 0.768. The number of anilines is 1. The lowest BCUT2D eigenvalue weighted by Gasteiger charge is -2.07. The number of aryl methyl sites for hydroxylation is 1. The largest absolute Gasteiger partial charge is 0.326 e. The van der Waals surface area contributed by atoms with Crippen molar-refractivity contribution in [2.45, 2.75) is 26.3 Å². The van der Waals surface area contributed by atoms with E-state index in [0.717, 1.165) is 18.7 Å². The van der Waals surface area contributed by atoms with Crippen LogP contribution in [0.4, 0.5) is 5.69 Å². The molecule has 0 unspecified atom stereocenters. The lowest BCUT2D eigenvalue weighted by atomic mass is 10.1. The maximum Gasteiger partial charge on any atom is 0.225 e. The van der Waals surface area contributed by atoms with Gasteiger partial charge in [-0.1, -0.05) is 19.1 Å². The summed E-state index contributed by atoms with van der Waals surface area (Å²) in [5, 5.41) is 6.15. The predicted octanol–water partition coefficient (Wildman–Crippen LogP) is 2.76. The highest BCUT2D eigenvalue weighted by molar-refractivity contribution is 5.90. The first kappa shape index (κ1) is 15.2. The first-order valence-corrected chi connectivity index (χ1v) is 7.26. The van der Waals surface area contributed by atoms with Crippen molar-refractivity contribution in [3.8, 4) is 0 Å². The fraction of sp³-hybridized carbons (Fsp3) is 0.294. The lowest BCUT2D eigenvalue weighted by Crippen LogP contribution is -2.21. The summed E-state index contributed by atoms with van der Waals surface area (Å²) in [6.07, 6.45) is 5.00. The van der Waals surface area contributed by atoms with Gasteiger partial charge in [-0.05, 0) is 41.8 Å². The molecule has 4 nitrogen and oxygen atoms in total. The third kappa shape index (κ3) is 5.36. The van der Waals surface area contributed by atoms with Gasteiger partial charge >= 0.3 is 0 Å². The number of amides is 1. The molecule has 2 N–H and O–H groups in total. The van der Waals surface area contributed by atoms with E-state index in [9.17, 15) is 4.79 Å². The highest BCUT2D eigenvalue weighted by Gasteiger charge is 2.02. The Hall–Kier alpha value is -2.20. The van der Waals surface area contributed by atoms with Gasteiger partial charge in [0.25, 0.3) is 0 Å². The van der Waals surface area contributed by atoms with Gasteiger partial charge in [0.15, 0.2) is 0 Å². The van der Waals surface area contributed by atoms with E-state index in [1.54, 1.807) is 12.4 Å². The van der Waals surface area contributed by atoms with Crippen molar-refractivity contribution in [3.05, 3.63) is 59.9 Å². The average molecular weight is 283 g/mol. The van der Waals surface area contributed by atoms with Crippen LogP contribution in [0.2, 0.25) is 0 Å². The van der Waals surface area contributed by atoms with Crippen molar-refractivity contribution < 1.29 is 4.79 Å². The molecule has 0 saturated carbocycles. The predicted molar refractivity (Wildman–Crippen MR) is 85.0 cm³/mol. The van der Waals surface area contributed by atoms with Crippen molar-refractivity contribution in [1.82, 2.24) is 10.3 Å². The van der Waals surface area contributed by atoms with Gasteiger partial charge in [0.1, 0.15) is 0 Å². The van der Waals surface area contributed by atoms with Gasteiger partial charge in [-0.25, -0.2) is 0 Å². The molecule has 0 aliphatic rings. The van der Waals surface area contributed by atoms with Gasteiger partial charge in [0.05, 0.1) is 0 Å². The van der Waals surface area contributed by atoms with E-state index in [2.05, 4.69) is 22.5 Å². The molecule has 2 rings (SSSR count). The van der Waals surface area contributed by atoms with Gasteiger partial charge in [-0.15, -0.1) is 0 Å². The fourth-order valence-electron chi connectivity index (χ4n) is 1.98. The van der Waals surface area contributed by atoms with Crippen LogP contribution >= 0.6 is 0 Å². The SMILES string of the molecule is CCc1ccc(NC(=O)CCNCc2ccncc2)cc1. The molecular weight excluding hydrogens is 262 g/mol. The second-order valence-corrected chi connectivity index (χ2v) is 4.88. The molecule has 2 aromatic rings. The van der Waals surface area contributed by atoms with Crippen molar-refractivity contribution in [2.75, 3.05) is 11.9 Å². The summed E-state index contributed by atoms with van der Waals surface area (Å²) < 4.78 is 0. The number of hydrogen-bond donors (Lipinski definition) is 2. The number of aromatic nitrogens is 1. The smallest absolute Gasteiger partial charge is 0.225 e. The zero-order valence-electron chi connectivity index (χ0n) is 12.3. The van der Waals surface area contributed by atoms with E-state index in [1.165, 1.54) is 11.1 Å². The Morgan fingerprint density at radius 2 is 1.76 bits per heavy atom. The summed E-state index contributed by atoms with van der Waals surface area (Å²) in [6, 6.07) is 11.9. The van der Waals surface area contributed by atoms with Crippen LogP contribution in [-0.2, 0) is 17.8 Å². The minimum Gasteiger partial charge on any atom is -0.326 e. The second kappa shape index (κ2) is 8.17. The van der Waals surface area contributed by atoms with E-state index in [4.69, 9.17) is 0 Å². The van der Waals surface area contributed by atoms with Gasteiger partial charge < -0.3 is 10.6 Å². The molecule has 1 amide bonds. The molecule has 0 aliphatic carbocycles. The van der Waals surface area contributed by atoms with Crippen LogP contribution in [0.15, 0.2) is 48.8 Å². The minimum atomic E-state index is 0.0291. The summed E-state index contributed by atoms with van der Waals surface area (Å²) in [5.74, 6) is 0.0291. The van der Waals surface area contributed by atoms with Gasteiger partial charge in [-0.2, -0.15) is 0 Å². The third-order valence-electron chi connectivity index (χ3n) is 3.25. The van der Waals surface area contributed by atoms with Crippen molar-refractivity contribution in [2.24, 2.45) is 0 Å². The molecule has 0 aliphatic heterocycles. The van der Waals surface area contributed by atoms with Crippen LogP contribution in [0.1, 0.15) is 24.5 Å². The molecule has 1 heterocycles. The van der Waals surface area contributed by atoms with Crippen LogP contribution < -0.4 is 10.6 Å². The molecule has 1 aromatic heterocycles. The Labute approximate surface area is 125 Å². The third-order valence-corrected chi connectivity index (χ3v) is 3.25. The Balaban J connectivity index is 1.67. The van der Waals surface area contributed by atoms with E-state index >= 15 is 0 Å². The van der Waals surface area contributed by atoms with Crippen LogP contribution in [0.25, 0.3) is 0 Å². The summed E-state index contributed by atoms with van der Waals surface area (Å²) in [4.78, 5) is 15.8. The maximum atomic E-state index is 11.8. The zero-order chi connectivity index (χ0) is 14.9. The number of benzene rings is 1. The van der Waals surface area contributed by atoms with Gasteiger partial charge in [0, 0.05) is 37.6 Å².